The van der Waals surface area contributed by atoms with Crippen molar-refractivity contribution in [2.75, 3.05) is 26.0 Å². The van der Waals surface area contributed by atoms with Crippen molar-refractivity contribution in [3.63, 3.8) is 0 Å². The van der Waals surface area contributed by atoms with Crippen molar-refractivity contribution in [2.45, 2.75) is 62.6 Å². The van der Waals surface area contributed by atoms with Crippen LogP contribution in [0.5, 0.6) is 0 Å². The van der Waals surface area contributed by atoms with Gasteiger partial charge in [-0.3, -0.25) is 0 Å². The van der Waals surface area contributed by atoms with Gasteiger partial charge >= 0.3 is 6.09 Å². The summed E-state index contributed by atoms with van der Waals surface area (Å²) < 4.78 is 61.5. The third-order valence-electron chi connectivity index (χ3n) is 5.93. The normalized spacial score (nSPS) is 26.9. The molecule has 1 aliphatic heterocycles. The number of hydrogen-bond acceptors (Lipinski definition) is 5. The quantitative estimate of drug-likeness (QED) is 0.644. The molecule has 0 spiro atoms. The molecule has 1 aliphatic carbocycles. The van der Waals surface area contributed by atoms with E-state index < -0.39 is 41.2 Å². The van der Waals surface area contributed by atoms with Crippen molar-refractivity contribution in [3.8, 4) is 0 Å². The summed E-state index contributed by atoms with van der Waals surface area (Å²) in [4.78, 5) is 13.6. The number of benzene rings is 1. The Morgan fingerprint density at radius 3 is 2.45 bits per heavy atom. The summed E-state index contributed by atoms with van der Waals surface area (Å²) in [5, 5.41) is 0. The van der Waals surface area contributed by atoms with Gasteiger partial charge in [0.25, 0.3) is 6.43 Å². The highest BCUT2D eigenvalue weighted by atomic mass is 32.2. The van der Waals surface area contributed by atoms with Crippen molar-refractivity contribution >= 4 is 16.1 Å². The lowest BCUT2D eigenvalue weighted by molar-refractivity contribution is -0.0129. The number of carbonyl (C=O) groups is 1. The third kappa shape index (κ3) is 7.11. The highest BCUT2D eigenvalue weighted by Crippen LogP contribution is 2.34. The van der Waals surface area contributed by atoms with Crippen molar-refractivity contribution in [3.05, 3.63) is 35.9 Å². The second-order valence-electron chi connectivity index (χ2n) is 8.23. The second-order valence-corrected chi connectivity index (χ2v) is 10.0. The summed E-state index contributed by atoms with van der Waals surface area (Å²) in [6.07, 6.45) is 1.51. The average molecular weight is 461 g/mol. The molecule has 10 heteroatoms. The van der Waals surface area contributed by atoms with E-state index in [1.807, 2.05) is 18.2 Å². The number of nitrogens with one attached hydrogen (secondary N) is 1. The number of sulfonamides is 1. The van der Waals surface area contributed by atoms with Crippen LogP contribution in [0.4, 0.5) is 13.6 Å². The zero-order chi connectivity index (χ0) is 22.4. The van der Waals surface area contributed by atoms with Gasteiger partial charge in [-0.15, -0.1) is 0 Å². The molecule has 174 valence electrons. The summed E-state index contributed by atoms with van der Waals surface area (Å²) in [7, 11) is -3.50. The van der Waals surface area contributed by atoms with Crippen molar-refractivity contribution in [2.24, 2.45) is 0 Å². The number of halogens is 2. The van der Waals surface area contributed by atoms with Crippen molar-refractivity contribution in [1.29, 1.82) is 0 Å². The predicted octanol–water partition coefficient (Wildman–Crippen LogP) is 3.12. The van der Waals surface area contributed by atoms with E-state index in [4.69, 9.17) is 4.74 Å². The summed E-state index contributed by atoms with van der Waals surface area (Å²) in [5.74, 6) is 0.494. The SMILES string of the molecule is CS(=O)(=O)N[C@H]1CCN(C(=O)OCC(F)F)[C@H]1CO[C@H]1CC[C@@H](c2ccccc2)CC1. The van der Waals surface area contributed by atoms with Gasteiger partial charge in [0.15, 0.2) is 6.61 Å². The van der Waals surface area contributed by atoms with E-state index in [1.165, 1.54) is 10.5 Å². The van der Waals surface area contributed by atoms with E-state index in [0.29, 0.717) is 12.3 Å². The minimum atomic E-state index is -3.50. The lowest BCUT2D eigenvalue weighted by atomic mass is 9.83. The first kappa shape index (κ1) is 23.9. The number of amides is 1. The zero-order valence-electron chi connectivity index (χ0n) is 17.6. The van der Waals surface area contributed by atoms with Crippen LogP contribution in [0.1, 0.15) is 43.6 Å². The van der Waals surface area contributed by atoms with Gasteiger partial charge in [0.2, 0.25) is 10.0 Å². The Bertz CT molecular complexity index is 816. The van der Waals surface area contributed by atoms with E-state index >= 15 is 0 Å². The Hall–Kier alpha value is -1.78. The molecule has 1 amide bonds. The molecular weight excluding hydrogens is 430 g/mol. The zero-order valence-corrected chi connectivity index (χ0v) is 18.4. The summed E-state index contributed by atoms with van der Waals surface area (Å²) in [6.45, 7) is -0.655. The molecule has 7 nitrogen and oxygen atoms in total. The van der Waals surface area contributed by atoms with Gasteiger partial charge in [-0.05, 0) is 43.6 Å². The summed E-state index contributed by atoms with van der Waals surface area (Å²) in [6, 6.07) is 9.19. The fourth-order valence-electron chi connectivity index (χ4n) is 4.44. The predicted molar refractivity (Wildman–Crippen MR) is 112 cm³/mol. The number of carbonyl (C=O) groups excluding carboxylic acids is 1. The molecule has 0 radical (unpaired) electrons. The van der Waals surface area contributed by atoms with Crippen molar-refractivity contribution in [1.82, 2.24) is 9.62 Å². The Balaban J connectivity index is 1.56. The van der Waals surface area contributed by atoms with Gasteiger partial charge in [-0.2, -0.15) is 0 Å². The Morgan fingerprint density at radius 2 is 1.84 bits per heavy atom. The smallest absolute Gasteiger partial charge is 0.410 e. The number of ether oxygens (including phenoxy) is 2. The van der Waals surface area contributed by atoms with Crippen LogP contribution in [-0.2, 0) is 19.5 Å². The Morgan fingerprint density at radius 1 is 1.16 bits per heavy atom. The van der Waals surface area contributed by atoms with E-state index in [2.05, 4.69) is 21.6 Å². The van der Waals surface area contributed by atoms with Gasteiger partial charge in [0, 0.05) is 12.6 Å². The van der Waals surface area contributed by atoms with E-state index in [-0.39, 0.29) is 19.3 Å². The lowest BCUT2D eigenvalue weighted by Crippen LogP contribution is -2.49. The molecule has 0 bridgehead atoms. The minimum Gasteiger partial charge on any atom is -0.443 e. The van der Waals surface area contributed by atoms with Crippen LogP contribution in [0.2, 0.25) is 0 Å². The van der Waals surface area contributed by atoms with Crippen LogP contribution in [0.25, 0.3) is 0 Å². The van der Waals surface area contributed by atoms with Crippen LogP contribution < -0.4 is 4.72 Å². The topological polar surface area (TPSA) is 84.9 Å². The molecule has 31 heavy (non-hydrogen) atoms. The highest BCUT2D eigenvalue weighted by molar-refractivity contribution is 7.88. The van der Waals surface area contributed by atoms with Crippen molar-refractivity contribution < 1.29 is 31.5 Å². The van der Waals surface area contributed by atoms with Gasteiger partial charge in [0.1, 0.15) is 0 Å². The number of alkyl halides is 2. The highest BCUT2D eigenvalue weighted by Gasteiger charge is 2.40. The van der Waals surface area contributed by atoms with E-state index in [0.717, 1.165) is 31.9 Å². The largest absolute Gasteiger partial charge is 0.443 e. The Labute approximate surface area is 182 Å². The van der Waals surface area contributed by atoms with Crippen LogP contribution in [0, 0.1) is 0 Å². The number of likely N-dealkylation sites (tertiary alicyclic amines) is 1. The Kier molecular flexibility index (Phi) is 8.23. The molecule has 2 aliphatic rings. The van der Waals surface area contributed by atoms with Gasteiger partial charge < -0.3 is 14.4 Å². The van der Waals surface area contributed by atoms with Gasteiger partial charge in [0.05, 0.1) is 25.0 Å². The molecule has 0 unspecified atom stereocenters. The van der Waals surface area contributed by atoms with Gasteiger partial charge in [-0.1, -0.05) is 30.3 Å². The first-order valence-electron chi connectivity index (χ1n) is 10.6. The molecule has 1 saturated carbocycles. The fraction of sp³-hybridized carbons (Fsp3) is 0.667. The molecule has 1 heterocycles. The maximum Gasteiger partial charge on any atom is 0.410 e. The maximum atomic E-state index is 12.4. The number of nitrogens with zero attached hydrogens (tertiary/aromatic N) is 1. The molecule has 1 aromatic rings. The minimum absolute atomic E-state index is 0.0124. The van der Waals surface area contributed by atoms with E-state index in [9.17, 15) is 22.0 Å². The molecule has 3 rings (SSSR count). The van der Waals surface area contributed by atoms with E-state index in [1.54, 1.807) is 0 Å². The monoisotopic (exact) mass is 460 g/mol. The van der Waals surface area contributed by atoms with Crippen LogP contribution in [-0.4, -0.2) is 70.0 Å². The number of hydrogen-bond donors (Lipinski definition) is 1. The molecule has 1 aromatic carbocycles. The molecule has 1 N–H and O–H groups in total. The standard InChI is InChI=1S/C21H30F2N2O5S/c1-31(27,28)24-18-11-12-25(21(26)30-14-20(22)23)19(18)13-29-17-9-7-16(8-10-17)15-5-3-2-4-6-15/h2-6,16-20,24H,7-14H2,1H3/t16-,17+,18-,19-/m0/s1. The van der Waals surface area contributed by atoms with Gasteiger partial charge in [-0.25, -0.2) is 26.7 Å². The third-order valence-corrected chi connectivity index (χ3v) is 6.66. The second kappa shape index (κ2) is 10.7. The van der Waals surface area contributed by atoms with Crippen LogP contribution in [0.15, 0.2) is 30.3 Å². The first-order valence-corrected chi connectivity index (χ1v) is 12.5. The molecule has 0 aromatic heterocycles. The fourth-order valence-corrected chi connectivity index (χ4v) is 5.26. The average Bonchev–Trinajstić information content (AvgIpc) is 3.12. The van der Waals surface area contributed by atoms with Crippen LogP contribution in [0.3, 0.4) is 0 Å². The molecular formula is C21H30F2N2O5S. The lowest BCUT2D eigenvalue weighted by Gasteiger charge is -2.32. The molecule has 2 fully saturated rings. The summed E-state index contributed by atoms with van der Waals surface area (Å²) >= 11 is 0. The molecule has 2 atom stereocenters. The number of rotatable bonds is 8. The first-order chi connectivity index (χ1) is 14.7. The molecule has 1 saturated heterocycles. The summed E-state index contributed by atoms with van der Waals surface area (Å²) in [5.41, 5.74) is 1.32. The maximum absolute atomic E-state index is 12.4. The van der Waals surface area contributed by atoms with Crippen LogP contribution >= 0.6 is 0 Å².